The van der Waals surface area contributed by atoms with Crippen molar-refractivity contribution >= 4 is 13.7 Å². The molecule has 1 aliphatic carbocycles. The van der Waals surface area contributed by atoms with E-state index in [9.17, 15) is 50.0 Å². The Kier molecular flexibility index (Phi) is 32.5. The van der Waals surface area contributed by atoms with Crippen LogP contribution in [-0.4, -0.2) is 108 Å². The van der Waals surface area contributed by atoms with Crippen LogP contribution < -0.4 is 5.32 Å². The normalized spacial score (nSPS) is 24.0. The quantitative estimate of drug-likeness (QED) is 0.0172. The molecule has 0 spiro atoms. The number of hydrogen-bond donors (Lipinski definition) is 9. The van der Waals surface area contributed by atoms with E-state index in [2.05, 4.69) is 31.3 Å². The van der Waals surface area contributed by atoms with Gasteiger partial charge in [0.1, 0.15) is 36.6 Å². The fourth-order valence-corrected chi connectivity index (χ4v) is 8.20. The van der Waals surface area contributed by atoms with E-state index in [1.54, 1.807) is 6.08 Å². The highest BCUT2D eigenvalue weighted by molar-refractivity contribution is 7.47. The van der Waals surface area contributed by atoms with Gasteiger partial charge in [0.25, 0.3) is 0 Å². The van der Waals surface area contributed by atoms with Gasteiger partial charge >= 0.3 is 7.82 Å². The number of phosphoric acid groups is 1. The van der Waals surface area contributed by atoms with E-state index < -0.39 is 75.2 Å². The molecule has 8 unspecified atom stereocenters. The Morgan fingerprint density at radius 1 is 0.603 bits per heavy atom. The van der Waals surface area contributed by atoms with Gasteiger partial charge in [-0.2, -0.15) is 0 Å². The lowest BCUT2D eigenvalue weighted by atomic mass is 9.85. The van der Waals surface area contributed by atoms with Crippen molar-refractivity contribution in [3.8, 4) is 0 Å². The van der Waals surface area contributed by atoms with Crippen LogP contribution in [0.4, 0.5) is 0 Å². The van der Waals surface area contributed by atoms with E-state index in [0.29, 0.717) is 12.8 Å². The number of hydrogen-bond acceptors (Lipinski definition) is 11. The zero-order chi connectivity index (χ0) is 43.0. The molecule has 0 heterocycles. The van der Waals surface area contributed by atoms with Crippen molar-refractivity contribution in [3.63, 3.8) is 0 Å². The monoisotopic (exact) mass is 850 g/mol. The molecule has 14 heteroatoms. The molecule has 1 aliphatic rings. The van der Waals surface area contributed by atoms with E-state index in [0.717, 1.165) is 64.2 Å². The zero-order valence-electron chi connectivity index (χ0n) is 36.0. The summed E-state index contributed by atoms with van der Waals surface area (Å²) in [5.74, 6) is -0.598. The minimum absolute atomic E-state index is 0.249. The Balaban J connectivity index is 2.57. The number of phosphoric ester groups is 1. The predicted octanol–water partition coefficient (Wildman–Crippen LogP) is 7.20. The maximum atomic E-state index is 13.0. The van der Waals surface area contributed by atoms with E-state index in [1.165, 1.54) is 96.0 Å². The van der Waals surface area contributed by atoms with Crippen LogP contribution in [-0.2, 0) is 18.4 Å². The first-order valence-electron chi connectivity index (χ1n) is 22.9. The molecule has 0 aromatic heterocycles. The fourth-order valence-electron chi connectivity index (χ4n) is 7.23. The van der Waals surface area contributed by atoms with Crippen molar-refractivity contribution in [1.82, 2.24) is 5.32 Å². The predicted molar refractivity (Wildman–Crippen MR) is 229 cm³/mol. The summed E-state index contributed by atoms with van der Waals surface area (Å²) >= 11 is 0. The van der Waals surface area contributed by atoms with Crippen molar-refractivity contribution in [2.75, 3.05) is 6.61 Å². The van der Waals surface area contributed by atoms with Crippen LogP contribution in [0.5, 0.6) is 0 Å². The third kappa shape index (κ3) is 26.2. The van der Waals surface area contributed by atoms with Crippen molar-refractivity contribution in [3.05, 3.63) is 24.3 Å². The number of nitrogens with one attached hydrogen (secondary N) is 1. The number of carbonyl (C=O) groups excluding carboxylic acids is 1. The smallest absolute Gasteiger partial charge is 0.393 e. The van der Waals surface area contributed by atoms with Crippen LogP contribution >= 0.6 is 7.82 Å². The summed E-state index contributed by atoms with van der Waals surface area (Å²) in [6.07, 6.45) is 22.7. The first kappa shape index (κ1) is 54.8. The van der Waals surface area contributed by atoms with Gasteiger partial charge in [0.15, 0.2) is 0 Å². The molecule has 9 N–H and O–H groups in total. The van der Waals surface area contributed by atoms with E-state index in [-0.39, 0.29) is 6.42 Å². The molecule has 0 aromatic rings. The van der Waals surface area contributed by atoms with Crippen LogP contribution in [0.25, 0.3) is 0 Å². The summed E-state index contributed by atoms with van der Waals surface area (Å²) in [6, 6.07) is -1.24. The van der Waals surface area contributed by atoms with E-state index in [1.807, 2.05) is 0 Å². The van der Waals surface area contributed by atoms with Crippen LogP contribution in [0, 0.1) is 0 Å². The molecular formula is C44H84NO12P. The maximum Gasteiger partial charge on any atom is 0.472 e. The first-order valence-corrected chi connectivity index (χ1v) is 24.4. The topological polar surface area (TPSA) is 226 Å². The van der Waals surface area contributed by atoms with Gasteiger partial charge in [0.2, 0.25) is 5.91 Å². The van der Waals surface area contributed by atoms with E-state index in [4.69, 9.17) is 9.05 Å². The highest BCUT2D eigenvalue weighted by atomic mass is 31.2. The largest absolute Gasteiger partial charge is 0.472 e. The second kappa shape index (κ2) is 34.4. The molecule has 0 saturated heterocycles. The van der Waals surface area contributed by atoms with Crippen LogP contribution in [0.3, 0.4) is 0 Å². The summed E-state index contributed by atoms with van der Waals surface area (Å²) < 4.78 is 22.8. The Hall–Kier alpha value is -1.22. The molecule has 0 bridgehead atoms. The fraction of sp³-hybridized carbons (Fsp3) is 0.886. The number of allylic oxidation sites excluding steroid dienone is 3. The molecule has 0 aromatic carbocycles. The van der Waals surface area contributed by atoms with Crippen LogP contribution in [0.2, 0.25) is 0 Å². The highest BCUT2D eigenvalue weighted by Gasteiger charge is 2.51. The summed E-state index contributed by atoms with van der Waals surface area (Å²) in [6.45, 7) is 3.71. The molecule has 58 heavy (non-hydrogen) atoms. The Morgan fingerprint density at radius 3 is 1.47 bits per heavy atom. The number of amides is 1. The molecule has 1 amide bonds. The number of aliphatic hydroxyl groups is 7. The number of unbranched alkanes of at least 4 members (excludes halogenated alkanes) is 22. The molecule has 0 radical (unpaired) electrons. The van der Waals surface area contributed by atoms with E-state index >= 15 is 0 Å². The molecular weight excluding hydrogens is 765 g/mol. The summed E-state index contributed by atoms with van der Waals surface area (Å²) in [7, 11) is -5.14. The summed E-state index contributed by atoms with van der Waals surface area (Å²) in [5, 5.41) is 74.4. The van der Waals surface area contributed by atoms with Crippen LogP contribution in [0.15, 0.2) is 24.3 Å². The van der Waals surface area contributed by atoms with Gasteiger partial charge < -0.3 is 46.0 Å². The number of aliphatic hydroxyl groups excluding tert-OH is 7. The second-order valence-corrected chi connectivity index (χ2v) is 17.8. The molecule has 1 rings (SSSR count). The lowest BCUT2D eigenvalue weighted by molar-refractivity contribution is -0.220. The van der Waals surface area contributed by atoms with Crippen molar-refractivity contribution in [2.24, 2.45) is 0 Å². The molecule has 1 fully saturated rings. The van der Waals surface area contributed by atoms with Gasteiger partial charge in [-0.25, -0.2) is 4.57 Å². The molecule has 0 aliphatic heterocycles. The lowest BCUT2D eigenvalue weighted by Gasteiger charge is -2.41. The summed E-state index contributed by atoms with van der Waals surface area (Å²) in [4.78, 5) is 23.4. The Bertz CT molecular complexity index is 1100. The lowest BCUT2D eigenvalue weighted by Crippen LogP contribution is -2.64. The first-order chi connectivity index (χ1) is 27.8. The molecule has 8 atom stereocenters. The van der Waals surface area contributed by atoms with Crippen molar-refractivity contribution < 1.29 is 59.0 Å². The third-order valence-electron chi connectivity index (χ3n) is 11.0. The minimum atomic E-state index is -5.14. The maximum absolute atomic E-state index is 13.0. The highest BCUT2D eigenvalue weighted by Crippen LogP contribution is 2.47. The second-order valence-electron chi connectivity index (χ2n) is 16.4. The molecule has 1 saturated carbocycles. The van der Waals surface area contributed by atoms with Gasteiger partial charge in [-0.1, -0.05) is 160 Å². The van der Waals surface area contributed by atoms with Gasteiger partial charge in [0, 0.05) is 0 Å². The average molecular weight is 850 g/mol. The van der Waals surface area contributed by atoms with Crippen molar-refractivity contribution in [2.45, 2.75) is 242 Å². The molecule has 342 valence electrons. The Morgan fingerprint density at radius 2 is 1.00 bits per heavy atom. The van der Waals surface area contributed by atoms with Crippen LogP contribution in [0.1, 0.15) is 187 Å². The SMILES string of the molecule is CCCCCCCC/C=C\CCCCCCCC(O)CC(=O)NC(COP(=O)(O)OC1C(O)C(O)C(O)C(O)C1O)C(O)/C=C/CCCCCCCCCCCCC. The van der Waals surface area contributed by atoms with Gasteiger partial charge in [0.05, 0.1) is 31.3 Å². The van der Waals surface area contributed by atoms with Gasteiger partial charge in [-0.3, -0.25) is 13.8 Å². The summed E-state index contributed by atoms with van der Waals surface area (Å²) in [5.41, 5.74) is 0. The third-order valence-corrected chi connectivity index (χ3v) is 12.0. The van der Waals surface area contributed by atoms with Gasteiger partial charge in [-0.05, 0) is 44.9 Å². The average Bonchev–Trinajstić information content (AvgIpc) is 3.19. The Labute approximate surface area is 350 Å². The zero-order valence-corrected chi connectivity index (χ0v) is 36.9. The van der Waals surface area contributed by atoms with Gasteiger partial charge in [-0.15, -0.1) is 0 Å². The molecule has 13 nitrogen and oxygen atoms in total. The standard InChI is InChI=1S/C44H84NO12P/c1-3-5-7-9-11-13-15-17-18-20-21-23-25-27-29-31-35(46)33-38(48)45-36(37(47)32-30-28-26-24-22-19-16-14-12-10-8-6-4-2)34-56-58(54,55)57-44-42(52)40(50)39(49)41(51)43(44)53/h17-18,30,32,35-37,39-44,46-47,49-53H,3-16,19-29,31,33-34H2,1-2H3,(H,45,48)(H,54,55)/b18-17-,32-30+. The number of carbonyl (C=O) groups is 1. The number of rotatable bonds is 37. The minimum Gasteiger partial charge on any atom is -0.393 e. The van der Waals surface area contributed by atoms with Crippen molar-refractivity contribution in [1.29, 1.82) is 0 Å².